The third-order valence-corrected chi connectivity index (χ3v) is 2.86. The van der Waals surface area contributed by atoms with Crippen molar-refractivity contribution in [2.45, 2.75) is 13.5 Å². The average molecular weight is 270 g/mol. The van der Waals surface area contributed by atoms with Gasteiger partial charge in [-0.3, -0.25) is 4.79 Å². The number of ether oxygens (including phenoxy) is 1. The van der Waals surface area contributed by atoms with Crippen LogP contribution in [0.15, 0.2) is 48.5 Å². The molecule has 104 valence electrons. The summed E-state index contributed by atoms with van der Waals surface area (Å²) in [4.78, 5) is 11.7. The van der Waals surface area contributed by atoms with Crippen molar-refractivity contribution < 1.29 is 9.53 Å². The zero-order chi connectivity index (χ0) is 14.4. The van der Waals surface area contributed by atoms with E-state index in [-0.39, 0.29) is 12.5 Å². The fourth-order valence-electron chi connectivity index (χ4n) is 1.67. The number of hydrogen-bond donors (Lipinski definition) is 2. The number of carbonyl (C=O) groups excluding carboxylic acids is 1. The van der Waals surface area contributed by atoms with E-state index in [4.69, 9.17) is 10.5 Å². The maximum atomic E-state index is 11.7. The van der Waals surface area contributed by atoms with Crippen LogP contribution in [0.4, 0.5) is 5.69 Å². The molecule has 1 amide bonds. The summed E-state index contributed by atoms with van der Waals surface area (Å²) in [5.41, 5.74) is 8.47. The van der Waals surface area contributed by atoms with Crippen LogP contribution in [-0.4, -0.2) is 12.5 Å². The largest absolute Gasteiger partial charge is 0.484 e. The molecule has 20 heavy (non-hydrogen) atoms. The Hall–Kier alpha value is -2.49. The molecule has 4 nitrogen and oxygen atoms in total. The molecular weight excluding hydrogens is 252 g/mol. The SMILES string of the molecule is Cc1ccc(OCC(=O)NCc2ccc(N)cc2)cc1. The first kappa shape index (κ1) is 13.9. The highest BCUT2D eigenvalue weighted by molar-refractivity contribution is 5.77. The van der Waals surface area contributed by atoms with Crippen LogP contribution in [0.5, 0.6) is 5.75 Å². The number of aryl methyl sites for hydroxylation is 1. The molecule has 4 heteroatoms. The average Bonchev–Trinajstić information content (AvgIpc) is 2.46. The summed E-state index contributed by atoms with van der Waals surface area (Å²) < 4.78 is 5.40. The number of carbonyl (C=O) groups is 1. The summed E-state index contributed by atoms with van der Waals surface area (Å²) in [5.74, 6) is 0.542. The Labute approximate surface area is 118 Å². The van der Waals surface area contributed by atoms with Crippen LogP contribution in [0.2, 0.25) is 0 Å². The highest BCUT2D eigenvalue weighted by Gasteiger charge is 2.02. The van der Waals surface area contributed by atoms with Crippen molar-refractivity contribution in [1.82, 2.24) is 5.32 Å². The number of benzene rings is 2. The van der Waals surface area contributed by atoms with Crippen LogP contribution in [0.25, 0.3) is 0 Å². The maximum Gasteiger partial charge on any atom is 0.258 e. The summed E-state index contributed by atoms with van der Waals surface area (Å²) in [6, 6.07) is 15.0. The summed E-state index contributed by atoms with van der Waals surface area (Å²) in [5, 5.41) is 2.80. The van der Waals surface area contributed by atoms with E-state index in [0.29, 0.717) is 18.0 Å². The van der Waals surface area contributed by atoms with Gasteiger partial charge in [0.2, 0.25) is 0 Å². The van der Waals surface area contributed by atoms with Gasteiger partial charge in [-0.15, -0.1) is 0 Å². The lowest BCUT2D eigenvalue weighted by Gasteiger charge is -2.08. The Morgan fingerprint density at radius 2 is 1.75 bits per heavy atom. The van der Waals surface area contributed by atoms with Gasteiger partial charge in [0.05, 0.1) is 0 Å². The number of nitrogens with one attached hydrogen (secondary N) is 1. The molecule has 0 aliphatic carbocycles. The van der Waals surface area contributed by atoms with E-state index in [2.05, 4.69) is 5.32 Å². The van der Waals surface area contributed by atoms with Gasteiger partial charge in [-0.25, -0.2) is 0 Å². The maximum absolute atomic E-state index is 11.7. The zero-order valence-electron chi connectivity index (χ0n) is 11.4. The van der Waals surface area contributed by atoms with E-state index in [0.717, 1.165) is 11.1 Å². The Balaban J connectivity index is 1.75. The first-order chi connectivity index (χ1) is 9.63. The molecule has 0 fully saturated rings. The number of nitrogens with two attached hydrogens (primary N) is 1. The minimum Gasteiger partial charge on any atom is -0.484 e. The quantitative estimate of drug-likeness (QED) is 0.819. The van der Waals surface area contributed by atoms with Gasteiger partial charge in [-0.1, -0.05) is 29.8 Å². The molecule has 0 unspecified atom stereocenters. The van der Waals surface area contributed by atoms with Crippen LogP contribution in [0.1, 0.15) is 11.1 Å². The van der Waals surface area contributed by atoms with Crippen molar-refractivity contribution in [2.24, 2.45) is 0 Å². The van der Waals surface area contributed by atoms with Crippen LogP contribution in [0.3, 0.4) is 0 Å². The van der Waals surface area contributed by atoms with E-state index >= 15 is 0 Å². The monoisotopic (exact) mass is 270 g/mol. The molecule has 2 rings (SSSR count). The van der Waals surface area contributed by atoms with Crippen molar-refractivity contribution in [1.29, 1.82) is 0 Å². The Kier molecular flexibility index (Phi) is 4.60. The number of anilines is 1. The van der Waals surface area contributed by atoms with Crippen molar-refractivity contribution >= 4 is 11.6 Å². The first-order valence-corrected chi connectivity index (χ1v) is 6.44. The van der Waals surface area contributed by atoms with E-state index in [1.54, 1.807) is 0 Å². The molecule has 0 aliphatic heterocycles. The molecule has 2 aromatic carbocycles. The highest BCUT2D eigenvalue weighted by Crippen LogP contribution is 2.11. The molecule has 2 aromatic rings. The van der Waals surface area contributed by atoms with Crippen LogP contribution in [-0.2, 0) is 11.3 Å². The first-order valence-electron chi connectivity index (χ1n) is 6.44. The lowest BCUT2D eigenvalue weighted by atomic mass is 10.2. The van der Waals surface area contributed by atoms with Gasteiger partial charge in [0.15, 0.2) is 6.61 Å². The van der Waals surface area contributed by atoms with Gasteiger partial charge in [0, 0.05) is 12.2 Å². The van der Waals surface area contributed by atoms with Gasteiger partial charge in [-0.05, 0) is 36.8 Å². The molecule has 0 bridgehead atoms. The van der Waals surface area contributed by atoms with Crippen LogP contribution < -0.4 is 15.8 Å². The van der Waals surface area contributed by atoms with Crippen LogP contribution in [0, 0.1) is 6.92 Å². The van der Waals surface area contributed by atoms with E-state index in [1.165, 1.54) is 0 Å². The van der Waals surface area contributed by atoms with Gasteiger partial charge in [0.25, 0.3) is 5.91 Å². The normalized spacial score (nSPS) is 10.1. The lowest BCUT2D eigenvalue weighted by molar-refractivity contribution is -0.123. The van der Waals surface area contributed by atoms with Crippen molar-refractivity contribution in [3.63, 3.8) is 0 Å². The molecule has 0 saturated heterocycles. The van der Waals surface area contributed by atoms with Crippen LogP contribution >= 0.6 is 0 Å². The summed E-state index contributed by atoms with van der Waals surface area (Å²) in [7, 11) is 0. The number of amides is 1. The second-order valence-corrected chi connectivity index (χ2v) is 4.62. The van der Waals surface area contributed by atoms with Gasteiger partial charge in [0.1, 0.15) is 5.75 Å². The third kappa shape index (κ3) is 4.31. The fourth-order valence-corrected chi connectivity index (χ4v) is 1.67. The summed E-state index contributed by atoms with van der Waals surface area (Å²) >= 11 is 0. The highest BCUT2D eigenvalue weighted by atomic mass is 16.5. The summed E-state index contributed by atoms with van der Waals surface area (Å²) in [6.07, 6.45) is 0. The molecule has 0 spiro atoms. The zero-order valence-corrected chi connectivity index (χ0v) is 11.4. The van der Waals surface area contributed by atoms with Crippen molar-refractivity contribution in [3.8, 4) is 5.75 Å². The van der Waals surface area contributed by atoms with E-state index in [1.807, 2.05) is 55.5 Å². The lowest BCUT2D eigenvalue weighted by Crippen LogP contribution is -2.28. The Morgan fingerprint density at radius 1 is 1.10 bits per heavy atom. The molecule has 0 heterocycles. The Morgan fingerprint density at radius 3 is 2.40 bits per heavy atom. The molecule has 0 aromatic heterocycles. The van der Waals surface area contributed by atoms with Crippen molar-refractivity contribution in [2.75, 3.05) is 12.3 Å². The van der Waals surface area contributed by atoms with E-state index in [9.17, 15) is 4.79 Å². The predicted molar refractivity (Wildman–Crippen MR) is 79.4 cm³/mol. The van der Waals surface area contributed by atoms with Gasteiger partial charge >= 0.3 is 0 Å². The molecule has 0 radical (unpaired) electrons. The topological polar surface area (TPSA) is 64.3 Å². The summed E-state index contributed by atoms with van der Waals surface area (Å²) in [6.45, 7) is 2.48. The fraction of sp³-hybridized carbons (Fsp3) is 0.188. The second kappa shape index (κ2) is 6.61. The standard InChI is InChI=1S/C16H18N2O2/c1-12-2-8-15(9-3-12)20-11-16(19)18-10-13-4-6-14(17)7-5-13/h2-9H,10-11,17H2,1H3,(H,18,19). The van der Waals surface area contributed by atoms with Gasteiger partial charge < -0.3 is 15.8 Å². The number of hydrogen-bond acceptors (Lipinski definition) is 3. The molecule has 0 saturated carbocycles. The third-order valence-electron chi connectivity index (χ3n) is 2.86. The van der Waals surface area contributed by atoms with Gasteiger partial charge in [-0.2, -0.15) is 0 Å². The second-order valence-electron chi connectivity index (χ2n) is 4.62. The smallest absolute Gasteiger partial charge is 0.258 e. The minimum absolute atomic E-state index is 0.0119. The minimum atomic E-state index is -0.151. The molecule has 0 atom stereocenters. The van der Waals surface area contributed by atoms with Crippen molar-refractivity contribution in [3.05, 3.63) is 59.7 Å². The molecular formula is C16H18N2O2. The Bertz CT molecular complexity index is 511. The predicted octanol–water partition coefficient (Wildman–Crippen LogP) is 2.27. The van der Waals surface area contributed by atoms with E-state index < -0.39 is 0 Å². The molecule has 0 aliphatic rings. The number of rotatable bonds is 5. The molecule has 3 N–H and O–H groups in total. The number of nitrogen functional groups attached to an aromatic ring is 1.